The SMILES string of the molecule is C[C@@H]1CCC[C@H](C)N1C(=O)COC(=O)c1cc2c(s1)-c1ccccc1OC2. The number of amides is 1. The van der Waals surface area contributed by atoms with Crippen LogP contribution >= 0.6 is 11.3 Å². The van der Waals surface area contributed by atoms with Crippen LogP contribution in [-0.4, -0.2) is 35.5 Å². The summed E-state index contributed by atoms with van der Waals surface area (Å²) >= 11 is 1.40. The maximum atomic E-state index is 12.5. The fourth-order valence-corrected chi connectivity index (χ4v) is 5.08. The Morgan fingerprint density at radius 2 is 1.96 bits per heavy atom. The van der Waals surface area contributed by atoms with Gasteiger partial charge in [-0.2, -0.15) is 0 Å². The van der Waals surface area contributed by atoms with E-state index in [2.05, 4.69) is 13.8 Å². The monoisotopic (exact) mass is 385 g/mol. The van der Waals surface area contributed by atoms with Crippen molar-refractivity contribution in [2.45, 2.75) is 51.8 Å². The predicted molar refractivity (Wildman–Crippen MR) is 104 cm³/mol. The molecule has 1 fully saturated rings. The van der Waals surface area contributed by atoms with Crippen molar-refractivity contribution in [3.63, 3.8) is 0 Å². The normalized spacial score (nSPS) is 21.0. The summed E-state index contributed by atoms with van der Waals surface area (Å²) < 4.78 is 11.1. The minimum absolute atomic E-state index is 0.113. The van der Waals surface area contributed by atoms with E-state index in [4.69, 9.17) is 9.47 Å². The van der Waals surface area contributed by atoms with Gasteiger partial charge in [0.15, 0.2) is 6.61 Å². The second-order valence-corrected chi connectivity index (χ2v) is 8.31. The number of thiophene rings is 1. The molecule has 5 nitrogen and oxygen atoms in total. The smallest absolute Gasteiger partial charge is 0.348 e. The lowest BCUT2D eigenvalue weighted by atomic mass is 9.97. The molecular formula is C21H23NO4S. The maximum Gasteiger partial charge on any atom is 0.348 e. The van der Waals surface area contributed by atoms with Crippen LogP contribution in [0.5, 0.6) is 5.75 Å². The van der Waals surface area contributed by atoms with E-state index >= 15 is 0 Å². The first-order valence-corrected chi connectivity index (χ1v) is 10.2. The Morgan fingerprint density at radius 1 is 1.22 bits per heavy atom. The number of rotatable bonds is 3. The largest absolute Gasteiger partial charge is 0.488 e. The number of carbonyl (C=O) groups is 2. The van der Waals surface area contributed by atoms with Gasteiger partial charge in [0, 0.05) is 28.1 Å². The molecular weight excluding hydrogens is 362 g/mol. The molecule has 142 valence electrons. The highest BCUT2D eigenvalue weighted by molar-refractivity contribution is 7.17. The van der Waals surface area contributed by atoms with Gasteiger partial charge in [0.1, 0.15) is 17.2 Å². The van der Waals surface area contributed by atoms with Crippen LogP contribution in [0.15, 0.2) is 30.3 Å². The minimum atomic E-state index is -0.447. The van der Waals surface area contributed by atoms with Crippen LogP contribution in [-0.2, 0) is 16.1 Å². The molecule has 6 heteroatoms. The van der Waals surface area contributed by atoms with Crippen molar-refractivity contribution < 1.29 is 19.1 Å². The third kappa shape index (κ3) is 3.46. The summed E-state index contributed by atoms with van der Waals surface area (Å²) in [6, 6.07) is 10.0. The van der Waals surface area contributed by atoms with Gasteiger partial charge in [-0.25, -0.2) is 4.79 Å². The molecule has 0 unspecified atom stereocenters. The summed E-state index contributed by atoms with van der Waals surface area (Å²) in [5, 5.41) is 0. The fourth-order valence-electron chi connectivity index (χ4n) is 3.99. The number of hydrogen-bond donors (Lipinski definition) is 0. The second-order valence-electron chi connectivity index (χ2n) is 7.26. The number of piperidine rings is 1. The third-order valence-electron chi connectivity index (χ3n) is 5.33. The Balaban J connectivity index is 1.44. The first-order valence-electron chi connectivity index (χ1n) is 9.38. The molecule has 0 aliphatic carbocycles. The zero-order valence-corrected chi connectivity index (χ0v) is 16.4. The van der Waals surface area contributed by atoms with Crippen LogP contribution < -0.4 is 4.74 Å². The maximum absolute atomic E-state index is 12.5. The summed E-state index contributed by atoms with van der Waals surface area (Å²) in [7, 11) is 0. The van der Waals surface area contributed by atoms with Crippen LogP contribution in [0, 0.1) is 0 Å². The Morgan fingerprint density at radius 3 is 2.74 bits per heavy atom. The number of fused-ring (bicyclic) bond motifs is 3. The Labute approximate surface area is 162 Å². The van der Waals surface area contributed by atoms with Crippen LogP contribution in [0.25, 0.3) is 10.4 Å². The number of ether oxygens (including phenoxy) is 2. The molecule has 2 aliphatic rings. The van der Waals surface area contributed by atoms with Gasteiger partial charge in [0.2, 0.25) is 0 Å². The third-order valence-corrected chi connectivity index (χ3v) is 6.52. The topological polar surface area (TPSA) is 55.8 Å². The van der Waals surface area contributed by atoms with Crippen LogP contribution in [0.1, 0.15) is 48.3 Å². The number of esters is 1. The van der Waals surface area contributed by atoms with Gasteiger partial charge in [-0.15, -0.1) is 11.3 Å². The lowest BCUT2D eigenvalue weighted by Gasteiger charge is -2.38. The van der Waals surface area contributed by atoms with Crippen LogP contribution in [0.2, 0.25) is 0 Å². The molecule has 1 aromatic carbocycles. The van der Waals surface area contributed by atoms with E-state index < -0.39 is 5.97 Å². The molecule has 0 spiro atoms. The Bertz CT molecular complexity index is 865. The lowest BCUT2D eigenvalue weighted by Crippen LogP contribution is -2.49. The van der Waals surface area contributed by atoms with Crippen LogP contribution in [0.3, 0.4) is 0 Å². The average molecular weight is 385 g/mol. The van der Waals surface area contributed by atoms with Gasteiger partial charge in [0.05, 0.1) is 0 Å². The molecule has 3 heterocycles. The number of nitrogens with zero attached hydrogens (tertiary/aromatic N) is 1. The van der Waals surface area contributed by atoms with Crippen molar-refractivity contribution in [2.75, 3.05) is 6.61 Å². The number of carbonyl (C=O) groups excluding carboxylic acids is 2. The molecule has 0 radical (unpaired) electrons. The van der Waals surface area contributed by atoms with Crippen molar-refractivity contribution in [3.8, 4) is 16.2 Å². The fraction of sp³-hybridized carbons (Fsp3) is 0.429. The number of likely N-dealkylation sites (tertiary alicyclic amines) is 1. The second kappa shape index (κ2) is 7.35. The molecule has 0 saturated carbocycles. The van der Waals surface area contributed by atoms with Gasteiger partial charge in [0.25, 0.3) is 5.91 Å². The predicted octanol–water partition coefficient (Wildman–Crippen LogP) is 4.25. The summed E-state index contributed by atoms with van der Waals surface area (Å²) in [6.07, 6.45) is 3.14. The van der Waals surface area contributed by atoms with E-state index in [9.17, 15) is 9.59 Å². The van der Waals surface area contributed by atoms with E-state index in [1.165, 1.54) is 11.3 Å². The van der Waals surface area contributed by atoms with Gasteiger partial charge in [-0.3, -0.25) is 4.79 Å². The highest BCUT2D eigenvalue weighted by atomic mass is 32.1. The van der Waals surface area contributed by atoms with Gasteiger partial charge >= 0.3 is 5.97 Å². The summed E-state index contributed by atoms with van der Waals surface area (Å²) in [5.74, 6) is 0.269. The molecule has 2 atom stereocenters. The minimum Gasteiger partial charge on any atom is -0.488 e. The van der Waals surface area contributed by atoms with Crippen molar-refractivity contribution in [3.05, 3.63) is 40.8 Å². The molecule has 1 amide bonds. The average Bonchev–Trinajstić information content (AvgIpc) is 3.11. The van der Waals surface area contributed by atoms with Crippen molar-refractivity contribution >= 4 is 23.2 Å². The van der Waals surface area contributed by atoms with Crippen molar-refractivity contribution in [2.24, 2.45) is 0 Å². The zero-order valence-electron chi connectivity index (χ0n) is 15.6. The molecule has 4 rings (SSSR count). The van der Waals surface area contributed by atoms with Crippen molar-refractivity contribution in [1.82, 2.24) is 4.90 Å². The lowest BCUT2D eigenvalue weighted by molar-refractivity contribution is -0.140. The molecule has 27 heavy (non-hydrogen) atoms. The van der Waals surface area contributed by atoms with Crippen LogP contribution in [0.4, 0.5) is 0 Å². The van der Waals surface area contributed by atoms with Gasteiger partial charge < -0.3 is 14.4 Å². The summed E-state index contributed by atoms with van der Waals surface area (Å²) in [5.41, 5.74) is 1.98. The molecule has 2 aliphatic heterocycles. The highest BCUT2D eigenvalue weighted by Gasteiger charge is 2.30. The first-order chi connectivity index (χ1) is 13.0. The summed E-state index contributed by atoms with van der Waals surface area (Å²) in [4.78, 5) is 28.5. The Kier molecular flexibility index (Phi) is 4.91. The molecule has 0 N–H and O–H groups in total. The van der Waals surface area contributed by atoms with E-state index in [1.807, 2.05) is 35.2 Å². The quantitative estimate of drug-likeness (QED) is 0.741. The summed E-state index contributed by atoms with van der Waals surface area (Å²) in [6.45, 7) is 4.35. The molecule has 0 bridgehead atoms. The number of para-hydroxylation sites is 1. The van der Waals surface area contributed by atoms with E-state index in [0.29, 0.717) is 11.5 Å². The number of benzene rings is 1. The van der Waals surface area contributed by atoms with E-state index in [0.717, 1.165) is 41.0 Å². The molecule has 1 saturated heterocycles. The number of hydrogen-bond acceptors (Lipinski definition) is 5. The standard InChI is InChI=1S/C21H23NO4S/c1-13-6-5-7-14(2)22(13)19(23)12-26-21(24)18-10-15-11-25-17-9-4-3-8-16(17)20(15)27-18/h3-4,8-10,13-14H,5-7,11-12H2,1-2H3/t13-,14+. The van der Waals surface area contributed by atoms with E-state index in [-0.39, 0.29) is 24.6 Å². The molecule has 1 aromatic heterocycles. The highest BCUT2D eigenvalue weighted by Crippen LogP contribution is 2.42. The Hall–Kier alpha value is -2.34. The first kappa shape index (κ1) is 18.0. The van der Waals surface area contributed by atoms with Gasteiger partial charge in [-0.05, 0) is 51.3 Å². The molecule has 2 aromatic rings. The van der Waals surface area contributed by atoms with E-state index in [1.54, 1.807) is 0 Å². The zero-order chi connectivity index (χ0) is 19.0. The van der Waals surface area contributed by atoms with Crippen molar-refractivity contribution in [1.29, 1.82) is 0 Å². The van der Waals surface area contributed by atoms with Gasteiger partial charge in [-0.1, -0.05) is 12.1 Å².